The van der Waals surface area contributed by atoms with Gasteiger partial charge in [-0.2, -0.15) is 0 Å². The van der Waals surface area contributed by atoms with E-state index in [2.05, 4.69) is 23.3 Å². The lowest BCUT2D eigenvalue weighted by Crippen LogP contribution is -2.25. The van der Waals surface area contributed by atoms with Gasteiger partial charge < -0.3 is 10.4 Å². The summed E-state index contributed by atoms with van der Waals surface area (Å²) in [6.45, 7) is 2.85. The van der Waals surface area contributed by atoms with E-state index in [9.17, 15) is 4.79 Å². The van der Waals surface area contributed by atoms with Crippen molar-refractivity contribution in [2.75, 3.05) is 0 Å². The van der Waals surface area contributed by atoms with Crippen LogP contribution in [0.4, 0.5) is 0 Å². The third-order valence-electron chi connectivity index (χ3n) is 3.65. The fourth-order valence-electron chi connectivity index (χ4n) is 2.37. The van der Waals surface area contributed by atoms with E-state index in [1.165, 1.54) is 5.56 Å². The van der Waals surface area contributed by atoms with Crippen molar-refractivity contribution in [3.05, 3.63) is 65.5 Å². The normalized spacial score (nSPS) is 12.0. The maximum absolute atomic E-state index is 10.9. The Hall–Kier alpha value is -2.20. The molecule has 0 aliphatic carbocycles. The van der Waals surface area contributed by atoms with Crippen molar-refractivity contribution < 1.29 is 9.90 Å². The summed E-state index contributed by atoms with van der Waals surface area (Å²) in [5.74, 6) is -0.883. The highest BCUT2D eigenvalue weighted by atomic mass is 16.4. The maximum atomic E-state index is 10.9. The second-order valence-electron chi connectivity index (χ2n) is 5.54. The lowest BCUT2D eigenvalue weighted by molar-refractivity contribution is 0.0696. The summed E-state index contributed by atoms with van der Waals surface area (Å²) in [4.78, 5) is 15.1. The summed E-state index contributed by atoms with van der Waals surface area (Å²) in [5.41, 5.74) is 2.60. The van der Waals surface area contributed by atoms with Gasteiger partial charge in [0.1, 0.15) is 0 Å². The first kappa shape index (κ1) is 16.2. The minimum Gasteiger partial charge on any atom is -0.478 e. The number of hydrogen-bond acceptors (Lipinski definition) is 3. The fraction of sp³-hybridized carbons (Fsp3) is 0.333. The molecule has 2 rings (SSSR count). The second-order valence-corrected chi connectivity index (χ2v) is 5.54. The highest BCUT2D eigenvalue weighted by molar-refractivity contribution is 5.87. The van der Waals surface area contributed by atoms with Crippen molar-refractivity contribution in [1.29, 1.82) is 0 Å². The van der Waals surface area contributed by atoms with E-state index >= 15 is 0 Å². The van der Waals surface area contributed by atoms with Crippen molar-refractivity contribution in [1.82, 2.24) is 10.3 Å². The first-order valence-electron chi connectivity index (χ1n) is 7.59. The van der Waals surface area contributed by atoms with Gasteiger partial charge in [0.15, 0.2) is 0 Å². The largest absolute Gasteiger partial charge is 0.478 e. The Labute approximate surface area is 131 Å². The van der Waals surface area contributed by atoms with E-state index in [4.69, 9.17) is 5.11 Å². The number of aromatic carboxylic acids is 1. The summed E-state index contributed by atoms with van der Waals surface area (Å²) in [7, 11) is 0. The molecule has 4 nitrogen and oxygen atoms in total. The van der Waals surface area contributed by atoms with Crippen LogP contribution in [0.25, 0.3) is 0 Å². The van der Waals surface area contributed by atoms with Gasteiger partial charge in [-0.25, -0.2) is 4.79 Å². The first-order valence-corrected chi connectivity index (χ1v) is 7.59. The summed E-state index contributed by atoms with van der Waals surface area (Å²) < 4.78 is 0. The van der Waals surface area contributed by atoms with Crippen LogP contribution in [-0.2, 0) is 13.0 Å². The van der Waals surface area contributed by atoms with E-state index < -0.39 is 5.97 Å². The molecule has 1 unspecified atom stereocenters. The average molecular weight is 298 g/mol. The molecule has 0 aliphatic heterocycles. The summed E-state index contributed by atoms with van der Waals surface area (Å²) in [6.07, 6.45) is 6.92. The number of carboxylic acids is 1. The number of aromatic nitrogens is 1. The molecule has 2 N–H and O–H groups in total. The van der Waals surface area contributed by atoms with Gasteiger partial charge in [-0.1, -0.05) is 18.2 Å². The minimum absolute atomic E-state index is 0.337. The summed E-state index contributed by atoms with van der Waals surface area (Å²) in [6, 6.07) is 11.5. The molecule has 0 amide bonds. The molecule has 4 heteroatoms. The van der Waals surface area contributed by atoms with Crippen LogP contribution in [0.2, 0.25) is 0 Å². The number of aryl methyl sites for hydroxylation is 1. The van der Waals surface area contributed by atoms with Gasteiger partial charge >= 0.3 is 5.97 Å². The topological polar surface area (TPSA) is 62.2 Å². The Balaban J connectivity index is 1.72. The molecular weight excluding hydrogens is 276 g/mol. The zero-order valence-electron chi connectivity index (χ0n) is 12.8. The smallest absolute Gasteiger partial charge is 0.335 e. The number of benzene rings is 1. The molecule has 116 valence electrons. The predicted octanol–water partition coefficient (Wildman–Crippen LogP) is 3.28. The molecule has 0 saturated heterocycles. The molecule has 1 heterocycles. The molecule has 0 radical (unpaired) electrons. The SMILES string of the molecule is CC(CCCc1cccnc1)NCc1cccc(C(=O)O)c1. The third kappa shape index (κ3) is 5.30. The maximum Gasteiger partial charge on any atom is 0.335 e. The highest BCUT2D eigenvalue weighted by Crippen LogP contribution is 2.08. The quantitative estimate of drug-likeness (QED) is 0.785. The van der Waals surface area contributed by atoms with Crippen molar-refractivity contribution in [3.8, 4) is 0 Å². The number of carboxylic acid groups (broad SMARTS) is 1. The zero-order chi connectivity index (χ0) is 15.8. The monoisotopic (exact) mass is 298 g/mol. The van der Waals surface area contributed by atoms with E-state index in [0.717, 1.165) is 24.8 Å². The van der Waals surface area contributed by atoms with Crippen molar-refractivity contribution in [3.63, 3.8) is 0 Å². The molecule has 1 atom stereocenters. The number of hydrogen-bond donors (Lipinski definition) is 2. The highest BCUT2D eigenvalue weighted by Gasteiger charge is 2.05. The van der Waals surface area contributed by atoms with Crippen LogP contribution in [0.1, 0.15) is 41.3 Å². The van der Waals surface area contributed by atoms with E-state index in [-0.39, 0.29) is 0 Å². The lowest BCUT2D eigenvalue weighted by Gasteiger charge is -2.14. The zero-order valence-corrected chi connectivity index (χ0v) is 12.8. The van der Waals surface area contributed by atoms with Crippen molar-refractivity contribution in [2.24, 2.45) is 0 Å². The Morgan fingerprint density at radius 3 is 2.82 bits per heavy atom. The Morgan fingerprint density at radius 1 is 1.27 bits per heavy atom. The Kier molecular flexibility index (Phi) is 6.10. The first-order chi connectivity index (χ1) is 10.6. The molecule has 0 aliphatic rings. The summed E-state index contributed by atoms with van der Waals surface area (Å²) in [5, 5.41) is 12.4. The number of nitrogens with one attached hydrogen (secondary N) is 1. The van der Waals surface area contributed by atoms with Gasteiger partial charge in [0.05, 0.1) is 5.56 Å². The van der Waals surface area contributed by atoms with Gasteiger partial charge in [-0.05, 0) is 55.5 Å². The van der Waals surface area contributed by atoms with Crippen LogP contribution in [0.15, 0.2) is 48.8 Å². The molecule has 22 heavy (non-hydrogen) atoms. The predicted molar refractivity (Wildman–Crippen MR) is 86.9 cm³/mol. The van der Waals surface area contributed by atoms with Gasteiger partial charge in [0.2, 0.25) is 0 Å². The number of carbonyl (C=O) groups is 1. The molecule has 1 aromatic heterocycles. The molecule has 2 aromatic rings. The van der Waals surface area contributed by atoms with Crippen LogP contribution >= 0.6 is 0 Å². The van der Waals surface area contributed by atoms with E-state index in [1.807, 2.05) is 18.3 Å². The average Bonchev–Trinajstić information content (AvgIpc) is 2.54. The van der Waals surface area contributed by atoms with Gasteiger partial charge in [0, 0.05) is 25.0 Å². The molecule has 0 spiro atoms. The van der Waals surface area contributed by atoms with E-state index in [1.54, 1.807) is 24.4 Å². The molecular formula is C18H22N2O2. The minimum atomic E-state index is -0.883. The molecule has 0 saturated carbocycles. The van der Waals surface area contributed by atoms with Crippen LogP contribution < -0.4 is 5.32 Å². The van der Waals surface area contributed by atoms with Gasteiger partial charge in [0.25, 0.3) is 0 Å². The van der Waals surface area contributed by atoms with Crippen LogP contribution in [0.5, 0.6) is 0 Å². The van der Waals surface area contributed by atoms with Crippen LogP contribution in [0, 0.1) is 0 Å². The molecule has 0 fully saturated rings. The van der Waals surface area contributed by atoms with Gasteiger partial charge in [-0.3, -0.25) is 4.98 Å². The molecule has 0 bridgehead atoms. The van der Waals surface area contributed by atoms with E-state index in [0.29, 0.717) is 18.2 Å². The Bertz CT molecular complexity index is 599. The second kappa shape index (κ2) is 8.29. The third-order valence-corrected chi connectivity index (χ3v) is 3.65. The van der Waals surface area contributed by atoms with Crippen molar-refractivity contribution in [2.45, 2.75) is 38.8 Å². The van der Waals surface area contributed by atoms with Crippen molar-refractivity contribution >= 4 is 5.97 Å². The summed E-state index contributed by atoms with van der Waals surface area (Å²) >= 11 is 0. The van der Waals surface area contributed by atoms with Crippen LogP contribution in [0.3, 0.4) is 0 Å². The Morgan fingerprint density at radius 2 is 2.09 bits per heavy atom. The molecule has 1 aromatic carbocycles. The van der Waals surface area contributed by atoms with Crippen LogP contribution in [-0.4, -0.2) is 22.1 Å². The lowest BCUT2D eigenvalue weighted by atomic mass is 10.1. The number of pyridine rings is 1. The fourth-order valence-corrected chi connectivity index (χ4v) is 2.37. The number of rotatable bonds is 8. The van der Waals surface area contributed by atoms with Gasteiger partial charge in [-0.15, -0.1) is 0 Å². The standard InChI is InChI=1S/C18H22N2O2/c1-14(5-2-6-15-8-4-10-19-12-15)20-13-16-7-3-9-17(11-16)18(21)22/h3-4,7-12,14,20H,2,5-6,13H2,1H3,(H,21,22). The number of nitrogens with zero attached hydrogens (tertiary/aromatic N) is 1.